The molecule has 1 aliphatic rings. The van der Waals surface area contributed by atoms with Crippen molar-refractivity contribution in [3.8, 4) is 0 Å². The zero-order chi connectivity index (χ0) is 14.0. The molecule has 0 aliphatic heterocycles. The predicted molar refractivity (Wildman–Crippen MR) is 62.7 cm³/mol. The summed E-state index contributed by atoms with van der Waals surface area (Å²) in [7, 11) is 0. The molecule has 1 fully saturated rings. The van der Waals surface area contributed by atoms with Gasteiger partial charge in [-0.15, -0.1) is 0 Å². The van der Waals surface area contributed by atoms with Crippen molar-refractivity contribution in [2.75, 3.05) is 0 Å². The minimum Gasteiger partial charge on any atom is -0.299 e. The lowest BCUT2D eigenvalue weighted by Crippen LogP contribution is -2.27. The van der Waals surface area contributed by atoms with E-state index < -0.39 is 23.4 Å². The van der Waals surface area contributed by atoms with E-state index in [1.807, 2.05) is 0 Å². The van der Waals surface area contributed by atoms with Gasteiger partial charge in [-0.2, -0.15) is 13.2 Å². The maximum absolute atomic E-state index is 12.6. The van der Waals surface area contributed by atoms with E-state index in [4.69, 9.17) is 0 Å². The molecule has 1 aromatic carbocycles. The first kappa shape index (κ1) is 13.8. The third-order valence-electron chi connectivity index (χ3n) is 3.35. The largest absolute Gasteiger partial charge is 0.416 e. The second-order valence-electron chi connectivity index (χ2n) is 4.71. The van der Waals surface area contributed by atoms with Gasteiger partial charge in [-0.1, -0.05) is 18.6 Å². The van der Waals surface area contributed by atoms with Gasteiger partial charge >= 0.3 is 6.18 Å². The number of carbonyl (C=O) groups excluding carboxylic acids is 2. The lowest BCUT2D eigenvalue weighted by Gasteiger charge is -2.19. The van der Waals surface area contributed by atoms with Crippen LogP contribution in [-0.4, -0.2) is 11.6 Å². The molecular weight excluding hydrogens is 257 g/mol. The summed E-state index contributed by atoms with van der Waals surface area (Å²) in [6.45, 7) is 0. The molecule has 0 heterocycles. The van der Waals surface area contributed by atoms with E-state index >= 15 is 0 Å². The first-order valence-corrected chi connectivity index (χ1v) is 6.14. The number of alkyl halides is 3. The SMILES string of the molecule is O=C1CCCC[C@H]1C(=O)c1cccc(C(F)(F)F)c1. The molecular formula is C14H13F3O2. The summed E-state index contributed by atoms with van der Waals surface area (Å²) >= 11 is 0. The van der Waals surface area contributed by atoms with Crippen LogP contribution in [0.25, 0.3) is 0 Å². The van der Waals surface area contributed by atoms with Gasteiger partial charge in [-0.05, 0) is 25.0 Å². The fourth-order valence-corrected chi connectivity index (χ4v) is 2.31. The predicted octanol–water partition coefficient (Wildman–Crippen LogP) is 3.65. The number of halogens is 3. The molecule has 1 aromatic rings. The summed E-state index contributed by atoms with van der Waals surface area (Å²) in [5.74, 6) is -1.42. The van der Waals surface area contributed by atoms with Gasteiger partial charge in [0.1, 0.15) is 5.78 Å². The summed E-state index contributed by atoms with van der Waals surface area (Å²) in [5, 5.41) is 0. The van der Waals surface area contributed by atoms with Gasteiger partial charge < -0.3 is 0 Å². The van der Waals surface area contributed by atoms with Crippen LogP contribution in [-0.2, 0) is 11.0 Å². The van der Waals surface area contributed by atoms with Crippen molar-refractivity contribution < 1.29 is 22.8 Å². The second kappa shape index (κ2) is 5.15. The molecule has 0 spiro atoms. The number of benzene rings is 1. The molecule has 0 radical (unpaired) electrons. The summed E-state index contributed by atoms with van der Waals surface area (Å²) in [6.07, 6.45) is -2.18. The second-order valence-corrected chi connectivity index (χ2v) is 4.71. The highest BCUT2D eigenvalue weighted by molar-refractivity contribution is 6.11. The monoisotopic (exact) mass is 270 g/mol. The third kappa shape index (κ3) is 3.03. The summed E-state index contributed by atoms with van der Waals surface area (Å²) in [4.78, 5) is 23.7. The highest BCUT2D eigenvalue weighted by Gasteiger charge is 2.33. The molecule has 2 rings (SSSR count). The smallest absolute Gasteiger partial charge is 0.299 e. The normalized spacial score (nSPS) is 20.4. The Hall–Kier alpha value is -1.65. The molecule has 1 aliphatic carbocycles. The summed E-state index contributed by atoms with van der Waals surface area (Å²) < 4.78 is 37.7. The van der Waals surface area contributed by atoms with Gasteiger partial charge in [0.25, 0.3) is 0 Å². The Morgan fingerprint density at radius 1 is 1.21 bits per heavy atom. The van der Waals surface area contributed by atoms with Gasteiger partial charge in [0.2, 0.25) is 0 Å². The van der Waals surface area contributed by atoms with E-state index in [2.05, 4.69) is 0 Å². The zero-order valence-corrected chi connectivity index (χ0v) is 10.2. The van der Waals surface area contributed by atoms with Crippen LogP contribution in [0, 0.1) is 5.92 Å². The molecule has 1 atom stereocenters. The average molecular weight is 270 g/mol. The Balaban J connectivity index is 2.26. The van der Waals surface area contributed by atoms with Crippen LogP contribution in [0.1, 0.15) is 41.6 Å². The van der Waals surface area contributed by atoms with Crippen LogP contribution in [0.5, 0.6) is 0 Å². The highest BCUT2D eigenvalue weighted by Crippen LogP contribution is 2.31. The molecule has 0 unspecified atom stereocenters. The van der Waals surface area contributed by atoms with E-state index in [0.717, 1.165) is 25.0 Å². The molecule has 102 valence electrons. The lowest BCUT2D eigenvalue weighted by molar-refractivity contribution is -0.137. The Labute approximate surface area is 108 Å². The van der Waals surface area contributed by atoms with Crippen LogP contribution >= 0.6 is 0 Å². The number of rotatable bonds is 2. The average Bonchev–Trinajstić information content (AvgIpc) is 2.38. The molecule has 19 heavy (non-hydrogen) atoms. The molecule has 0 N–H and O–H groups in total. The molecule has 2 nitrogen and oxygen atoms in total. The minimum atomic E-state index is -4.48. The van der Waals surface area contributed by atoms with E-state index in [-0.39, 0.29) is 11.3 Å². The van der Waals surface area contributed by atoms with Gasteiger partial charge in [-0.25, -0.2) is 0 Å². The van der Waals surface area contributed by atoms with E-state index in [1.54, 1.807) is 0 Å². The minimum absolute atomic E-state index is 0.0323. The number of ketones is 2. The number of hydrogen-bond donors (Lipinski definition) is 0. The van der Waals surface area contributed by atoms with Crippen LogP contribution in [0.4, 0.5) is 13.2 Å². The third-order valence-corrected chi connectivity index (χ3v) is 3.35. The van der Waals surface area contributed by atoms with E-state index in [1.165, 1.54) is 12.1 Å². The van der Waals surface area contributed by atoms with Gasteiger partial charge in [0.15, 0.2) is 5.78 Å². The molecule has 5 heteroatoms. The van der Waals surface area contributed by atoms with Crippen molar-refractivity contribution in [1.29, 1.82) is 0 Å². The Morgan fingerprint density at radius 2 is 1.95 bits per heavy atom. The fraction of sp³-hybridized carbons (Fsp3) is 0.429. The van der Waals surface area contributed by atoms with Gasteiger partial charge in [0, 0.05) is 12.0 Å². The Morgan fingerprint density at radius 3 is 2.58 bits per heavy atom. The summed E-state index contributed by atoms with van der Waals surface area (Å²) in [5.41, 5.74) is -0.892. The number of Topliss-reactive ketones (excluding diaryl/α,β-unsaturated/α-hetero) is 2. The first-order chi connectivity index (χ1) is 8.89. The molecule has 0 aromatic heterocycles. The Bertz CT molecular complexity index is 506. The lowest BCUT2D eigenvalue weighted by atomic mass is 9.82. The van der Waals surface area contributed by atoms with Crippen LogP contribution in [0.3, 0.4) is 0 Å². The fourth-order valence-electron chi connectivity index (χ4n) is 2.31. The van der Waals surface area contributed by atoms with Crippen molar-refractivity contribution in [2.24, 2.45) is 5.92 Å². The van der Waals surface area contributed by atoms with Crippen molar-refractivity contribution in [2.45, 2.75) is 31.9 Å². The molecule has 0 saturated heterocycles. The topological polar surface area (TPSA) is 34.1 Å². The molecule has 0 amide bonds. The van der Waals surface area contributed by atoms with Crippen molar-refractivity contribution in [3.05, 3.63) is 35.4 Å². The maximum Gasteiger partial charge on any atom is 0.416 e. The van der Waals surface area contributed by atoms with Gasteiger partial charge in [0.05, 0.1) is 11.5 Å². The molecule has 0 bridgehead atoms. The van der Waals surface area contributed by atoms with Crippen LogP contribution < -0.4 is 0 Å². The summed E-state index contributed by atoms with van der Waals surface area (Å²) in [6, 6.07) is 4.27. The van der Waals surface area contributed by atoms with E-state index in [9.17, 15) is 22.8 Å². The van der Waals surface area contributed by atoms with Crippen LogP contribution in [0.15, 0.2) is 24.3 Å². The van der Waals surface area contributed by atoms with Crippen molar-refractivity contribution in [3.63, 3.8) is 0 Å². The first-order valence-electron chi connectivity index (χ1n) is 6.14. The number of carbonyl (C=O) groups is 2. The van der Waals surface area contributed by atoms with Crippen molar-refractivity contribution in [1.82, 2.24) is 0 Å². The number of hydrogen-bond acceptors (Lipinski definition) is 2. The Kier molecular flexibility index (Phi) is 3.73. The maximum atomic E-state index is 12.6. The quantitative estimate of drug-likeness (QED) is 0.607. The molecule has 1 saturated carbocycles. The van der Waals surface area contributed by atoms with Gasteiger partial charge in [-0.3, -0.25) is 9.59 Å². The zero-order valence-electron chi connectivity index (χ0n) is 10.2. The van der Waals surface area contributed by atoms with E-state index in [0.29, 0.717) is 12.8 Å². The standard InChI is InChI=1S/C14H13F3O2/c15-14(16,17)10-5-3-4-9(8-10)13(19)11-6-1-2-7-12(11)18/h3-5,8,11H,1-2,6-7H2/t11-/m1/s1. The van der Waals surface area contributed by atoms with Crippen LogP contribution in [0.2, 0.25) is 0 Å². The highest BCUT2D eigenvalue weighted by atomic mass is 19.4. The van der Waals surface area contributed by atoms with Crippen molar-refractivity contribution >= 4 is 11.6 Å².